The van der Waals surface area contributed by atoms with Crippen molar-refractivity contribution in [2.75, 3.05) is 59.0 Å². The van der Waals surface area contributed by atoms with E-state index in [1.54, 1.807) is 0 Å². The van der Waals surface area contributed by atoms with Crippen LogP contribution in [0.3, 0.4) is 0 Å². The second-order valence-corrected chi connectivity index (χ2v) is 6.45. The first kappa shape index (κ1) is 19.4. The average molecular weight is 315 g/mol. The largest absolute Gasteiger partial charge is 0.395 e. The number of morpholine rings is 1. The van der Waals surface area contributed by atoms with Gasteiger partial charge in [-0.2, -0.15) is 0 Å². The highest BCUT2D eigenvalue weighted by atomic mass is 16.5. The van der Waals surface area contributed by atoms with E-state index in [-0.39, 0.29) is 18.6 Å². The van der Waals surface area contributed by atoms with Gasteiger partial charge in [-0.05, 0) is 18.9 Å². The molecular weight excluding hydrogens is 282 g/mol. The van der Waals surface area contributed by atoms with Crippen molar-refractivity contribution < 1.29 is 14.6 Å². The molecule has 22 heavy (non-hydrogen) atoms. The summed E-state index contributed by atoms with van der Waals surface area (Å²) in [6.07, 6.45) is 1.05. The Balaban J connectivity index is 2.27. The first-order valence-electron chi connectivity index (χ1n) is 8.49. The molecule has 1 unspecified atom stereocenters. The number of ether oxygens (including phenoxy) is 1. The Labute approximate surface area is 134 Å². The van der Waals surface area contributed by atoms with E-state index in [9.17, 15) is 4.79 Å². The molecule has 1 fully saturated rings. The van der Waals surface area contributed by atoms with Crippen LogP contribution >= 0.6 is 0 Å². The molecule has 1 heterocycles. The molecule has 0 aliphatic carbocycles. The molecule has 0 bridgehead atoms. The molecule has 6 heteroatoms. The van der Waals surface area contributed by atoms with Crippen LogP contribution in [0.25, 0.3) is 0 Å². The Kier molecular flexibility index (Phi) is 9.63. The molecule has 0 aromatic rings. The van der Waals surface area contributed by atoms with Gasteiger partial charge in [-0.15, -0.1) is 0 Å². The smallest absolute Gasteiger partial charge is 0.234 e. The third-order valence-electron chi connectivity index (χ3n) is 3.70. The zero-order chi connectivity index (χ0) is 16.4. The van der Waals surface area contributed by atoms with Crippen molar-refractivity contribution in [1.29, 1.82) is 0 Å². The minimum Gasteiger partial charge on any atom is -0.395 e. The van der Waals surface area contributed by atoms with Crippen LogP contribution in [-0.4, -0.2) is 85.9 Å². The first-order valence-corrected chi connectivity index (χ1v) is 8.49. The topological polar surface area (TPSA) is 65.0 Å². The number of nitrogens with one attached hydrogen (secondary N) is 1. The minimum atomic E-state index is 0.00600. The standard InChI is InChI=1S/C16H33N3O3/c1-4-5-18(6-8-20)13-16(21)17-10-15-12-19(7-9-22-15)11-14(2)3/h14-15,20H,4-13H2,1-3H3,(H,17,21). The Morgan fingerprint density at radius 1 is 1.45 bits per heavy atom. The molecule has 1 aliphatic heterocycles. The molecule has 0 radical (unpaired) electrons. The summed E-state index contributed by atoms with van der Waals surface area (Å²) in [6, 6.07) is 0. The Morgan fingerprint density at radius 3 is 2.86 bits per heavy atom. The van der Waals surface area contributed by atoms with E-state index in [2.05, 4.69) is 31.0 Å². The predicted molar refractivity (Wildman–Crippen MR) is 87.8 cm³/mol. The van der Waals surface area contributed by atoms with Crippen LogP contribution < -0.4 is 5.32 Å². The summed E-state index contributed by atoms with van der Waals surface area (Å²) in [6.45, 7) is 12.5. The van der Waals surface area contributed by atoms with E-state index in [0.29, 0.717) is 25.6 Å². The van der Waals surface area contributed by atoms with Gasteiger partial charge in [-0.3, -0.25) is 14.6 Å². The van der Waals surface area contributed by atoms with E-state index in [1.807, 2.05) is 4.90 Å². The quantitative estimate of drug-likeness (QED) is 0.601. The highest BCUT2D eigenvalue weighted by Crippen LogP contribution is 2.07. The number of carbonyl (C=O) groups is 1. The van der Waals surface area contributed by atoms with Gasteiger partial charge in [0.25, 0.3) is 0 Å². The molecule has 0 aromatic heterocycles. The van der Waals surface area contributed by atoms with E-state index < -0.39 is 0 Å². The number of amides is 1. The molecule has 1 saturated heterocycles. The third kappa shape index (κ3) is 8.08. The van der Waals surface area contributed by atoms with Crippen molar-refractivity contribution in [2.45, 2.75) is 33.3 Å². The van der Waals surface area contributed by atoms with Crippen LogP contribution in [-0.2, 0) is 9.53 Å². The van der Waals surface area contributed by atoms with E-state index in [0.717, 1.165) is 39.2 Å². The van der Waals surface area contributed by atoms with E-state index in [4.69, 9.17) is 9.84 Å². The normalized spacial score (nSPS) is 19.8. The lowest BCUT2D eigenvalue weighted by Crippen LogP contribution is -2.49. The molecule has 1 amide bonds. The SMILES string of the molecule is CCCN(CCO)CC(=O)NCC1CN(CC(C)C)CCO1. The zero-order valence-electron chi connectivity index (χ0n) is 14.4. The maximum absolute atomic E-state index is 12.0. The summed E-state index contributed by atoms with van der Waals surface area (Å²) in [4.78, 5) is 16.4. The van der Waals surface area contributed by atoms with Gasteiger partial charge in [-0.25, -0.2) is 0 Å². The zero-order valence-corrected chi connectivity index (χ0v) is 14.4. The number of carbonyl (C=O) groups excluding carboxylic acids is 1. The molecule has 2 N–H and O–H groups in total. The summed E-state index contributed by atoms with van der Waals surface area (Å²) in [5.74, 6) is 0.654. The Morgan fingerprint density at radius 2 is 2.23 bits per heavy atom. The second kappa shape index (κ2) is 10.9. The fraction of sp³-hybridized carbons (Fsp3) is 0.938. The van der Waals surface area contributed by atoms with Gasteiger partial charge in [-0.1, -0.05) is 20.8 Å². The van der Waals surface area contributed by atoms with Gasteiger partial charge in [0.05, 0.1) is 25.9 Å². The van der Waals surface area contributed by atoms with Gasteiger partial charge in [0.15, 0.2) is 0 Å². The van der Waals surface area contributed by atoms with Crippen molar-refractivity contribution in [3.8, 4) is 0 Å². The number of aliphatic hydroxyl groups excluding tert-OH is 1. The highest BCUT2D eigenvalue weighted by molar-refractivity contribution is 5.78. The molecule has 130 valence electrons. The van der Waals surface area contributed by atoms with Crippen LogP contribution in [0.1, 0.15) is 27.2 Å². The summed E-state index contributed by atoms with van der Waals surface area (Å²) >= 11 is 0. The van der Waals surface area contributed by atoms with Crippen LogP contribution in [0.2, 0.25) is 0 Å². The van der Waals surface area contributed by atoms with Gasteiger partial charge < -0.3 is 15.2 Å². The van der Waals surface area contributed by atoms with Crippen molar-refractivity contribution in [3.63, 3.8) is 0 Å². The fourth-order valence-electron chi connectivity index (χ4n) is 2.80. The molecule has 0 spiro atoms. The summed E-state index contributed by atoms with van der Waals surface area (Å²) in [5, 5.41) is 12.0. The molecular formula is C16H33N3O3. The monoisotopic (exact) mass is 315 g/mol. The lowest BCUT2D eigenvalue weighted by molar-refractivity contribution is -0.123. The number of nitrogens with zero attached hydrogens (tertiary/aromatic N) is 2. The van der Waals surface area contributed by atoms with Crippen LogP contribution in [0, 0.1) is 5.92 Å². The lowest BCUT2D eigenvalue weighted by atomic mass is 10.2. The number of hydrogen-bond acceptors (Lipinski definition) is 5. The molecule has 0 saturated carbocycles. The van der Waals surface area contributed by atoms with Gasteiger partial charge in [0.2, 0.25) is 5.91 Å². The van der Waals surface area contributed by atoms with Crippen molar-refractivity contribution in [1.82, 2.24) is 15.1 Å². The highest BCUT2D eigenvalue weighted by Gasteiger charge is 2.21. The number of aliphatic hydroxyl groups is 1. The first-order chi connectivity index (χ1) is 10.5. The lowest BCUT2D eigenvalue weighted by Gasteiger charge is -2.34. The predicted octanol–water partition coefficient (Wildman–Crippen LogP) is 0.164. The van der Waals surface area contributed by atoms with Crippen molar-refractivity contribution in [2.24, 2.45) is 5.92 Å². The maximum Gasteiger partial charge on any atom is 0.234 e. The second-order valence-electron chi connectivity index (χ2n) is 6.45. The molecule has 1 rings (SSSR count). The van der Waals surface area contributed by atoms with E-state index in [1.165, 1.54) is 0 Å². The fourth-order valence-corrected chi connectivity index (χ4v) is 2.80. The summed E-state index contributed by atoms with van der Waals surface area (Å²) in [7, 11) is 0. The minimum absolute atomic E-state index is 0.00600. The van der Waals surface area contributed by atoms with E-state index >= 15 is 0 Å². The van der Waals surface area contributed by atoms with Crippen LogP contribution in [0.4, 0.5) is 0 Å². The average Bonchev–Trinajstić information content (AvgIpc) is 2.45. The van der Waals surface area contributed by atoms with Gasteiger partial charge in [0.1, 0.15) is 0 Å². The third-order valence-corrected chi connectivity index (χ3v) is 3.70. The molecule has 1 aliphatic rings. The molecule has 6 nitrogen and oxygen atoms in total. The Hall–Kier alpha value is -0.690. The van der Waals surface area contributed by atoms with Crippen LogP contribution in [0.15, 0.2) is 0 Å². The summed E-state index contributed by atoms with van der Waals surface area (Å²) < 4.78 is 5.73. The summed E-state index contributed by atoms with van der Waals surface area (Å²) in [5.41, 5.74) is 0. The molecule has 1 atom stereocenters. The maximum atomic E-state index is 12.0. The number of rotatable bonds is 10. The molecule has 0 aromatic carbocycles. The van der Waals surface area contributed by atoms with Crippen molar-refractivity contribution in [3.05, 3.63) is 0 Å². The van der Waals surface area contributed by atoms with Gasteiger partial charge >= 0.3 is 0 Å². The Bertz CT molecular complexity index is 307. The van der Waals surface area contributed by atoms with Crippen molar-refractivity contribution >= 4 is 5.91 Å². The van der Waals surface area contributed by atoms with Gasteiger partial charge in [0, 0.05) is 32.7 Å². The van der Waals surface area contributed by atoms with Crippen LogP contribution in [0.5, 0.6) is 0 Å². The number of hydrogen-bond donors (Lipinski definition) is 2.